The first-order chi connectivity index (χ1) is 15.2. The van der Waals surface area contributed by atoms with E-state index in [0.717, 1.165) is 24.5 Å². The van der Waals surface area contributed by atoms with Crippen molar-refractivity contribution in [3.05, 3.63) is 58.5 Å². The van der Waals surface area contributed by atoms with E-state index in [4.69, 9.17) is 6.42 Å². The second kappa shape index (κ2) is 9.91. The Morgan fingerprint density at radius 3 is 2.48 bits per heavy atom. The summed E-state index contributed by atoms with van der Waals surface area (Å²) in [5.74, 6) is 0.672. The molecule has 0 fully saturated rings. The molecule has 0 saturated carbocycles. The van der Waals surface area contributed by atoms with Crippen LogP contribution in [0.3, 0.4) is 0 Å². The summed E-state index contributed by atoms with van der Waals surface area (Å²) in [5.41, 5.74) is -0.938. The van der Waals surface area contributed by atoms with Crippen molar-refractivity contribution < 1.29 is 30.8 Å². The van der Waals surface area contributed by atoms with Crippen LogP contribution < -0.4 is 14.9 Å². The van der Waals surface area contributed by atoms with Gasteiger partial charge in [0, 0.05) is 32.3 Å². The number of aromatic nitrogens is 1. The highest BCUT2D eigenvalue weighted by molar-refractivity contribution is 7.92. The molecular formula is C21H20F4N4O3S. The number of alkyl halides is 3. The molecule has 33 heavy (non-hydrogen) atoms. The molecule has 0 atom stereocenters. The molecule has 0 unspecified atom stereocenters. The van der Waals surface area contributed by atoms with E-state index < -0.39 is 33.6 Å². The van der Waals surface area contributed by atoms with Gasteiger partial charge in [-0.15, -0.1) is 6.42 Å². The van der Waals surface area contributed by atoms with Crippen LogP contribution in [0.15, 0.2) is 30.3 Å². The average molecular weight is 484 g/mol. The number of benzene rings is 1. The number of pyridine rings is 1. The zero-order valence-electron chi connectivity index (χ0n) is 17.8. The van der Waals surface area contributed by atoms with Gasteiger partial charge in [-0.3, -0.25) is 9.52 Å². The number of sulfonamides is 1. The smallest absolute Gasteiger partial charge is 0.362 e. The van der Waals surface area contributed by atoms with Crippen LogP contribution in [0.4, 0.5) is 29.1 Å². The van der Waals surface area contributed by atoms with Crippen LogP contribution in [-0.2, 0) is 27.5 Å². The Hall–Kier alpha value is -3.59. The van der Waals surface area contributed by atoms with Gasteiger partial charge in [0.2, 0.25) is 15.9 Å². The maximum absolute atomic E-state index is 14.3. The summed E-state index contributed by atoms with van der Waals surface area (Å²) in [6, 6.07) is 4.35. The Labute approximate surface area is 188 Å². The third kappa shape index (κ3) is 7.21. The Morgan fingerprint density at radius 2 is 1.94 bits per heavy atom. The van der Waals surface area contributed by atoms with Crippen molar-refractivity contribution in [2.75, 3.05) is 30.0 Å². The van der Waals surface area contributed by atoms with E-state index in [0.29, 0.717) is 0 Å². The van der Waals surface area contributed by atoms with Crippen LogP contribution in [-0.4, -0.2) is 39.7 Å². The first kappa shape index (κ1) is 25.7. The minimum Gasteiger partial charge on any atom is -0.362 e. The highest BCUT2D eigenvalue weighted by Crippen LogP contribution is 2.30. The first-order valence-corrected chi connectivity index (χ1v) is 11.1. The van der Waals surface area contributed by atoms with Gasteiger partial charge in [-0.05, 0) is 35.9 Å². The number of hydrogen-bond acceptors (Lipinski definition) is 5. The molecule has 1 heterocycles. The molecular weight excluding hydrogens is 464 g/mol. The number of carbonyl (C=O) groups excluding carboxylic acids is 1. The number of halogens is 4. The fourth-order valence-corrected chi connectivity index (χ4v) is 3.26. The van der Waals surface area contributed by atoms with E-state index in [1.807, 2.05) is 4.72 Å². The molecule has 1 aromatic heterocycles. The quantitative estimate of drug-likeness (QED) is 0.358. The number of nitrogens with zero attached hydrogens (tertiary/aromatic N) is 2. The van der Waals surface area contributed by atoms with Crippen LogP contribution in [0.25, 0.3) is 6.08 Å². The number of carbonyl (C=O) groups is 1. The Kier molecular flexibility index (Phi) is 7.71. The molecule has 7 nitrogen and oxygen atoms in total. The third-order valence-electron chi connectivity index (χ3n) is 4.09. The molecule has 0 aliphatic heterocycles. The van der Waals surface area contributed by atoms with Crippen molar-refractivity contribution in [1.29, 1.82) is 0 Å². The van der Waals surface area contributed by atoms with Crippen LogP contribution >= 0.6 is 0 Å². The van der Waals surface area contributed by atoms with Crippen LogP contribution in [0, 0.1) is 18.2 Å². The molecule has 2 aromatic rings. The molecule has 0 bridgehead atoms. The minimum atomic E-state index is -4.61. The zero-order chi connectivity index (χ0) is 25.0. The van der Waals surface area contributed by atoms with Gasteiger partial charge in [0.15, 0.2) is 0 Å². The van der Waals surface area contributed by atoms with Crippen LogP contribution in [0.1, 0.15) is 22.4 Å². The fourth-order valence-electron chi connectivity index (χ4n) is 2.69. The zero-order valence-corrected chi connectivity index (χ0v) is 18.6. The van der Waals surface area contributed by atoms with E-state index in [9.17, 15) is 30.8 Å². The van der Waals surface area contributed by atoms with Gasteiger partial charge in [-0.1, -0.05) is 5.92 Å². The highest BCUT2D eigenvalue weighted by atomic mass is 32.2. The first-order valence-electron chi connectivity index (χ1n) is 9.19. The van der Waals surface area contributed by atoms with E-state index in [1.165, 1.54) is 37.2 Å². The van der Waals surface area contributed by atoms with E-state index in [-0.39, 0.29) is 34.7 Å². The minimum absolute atomic E-state index is 0.0172. The normalized spacial score (nSPS) is 11.8. The van der Waals surface area contributed by atoms with Gasteiger partial charge in [0.25, 0.3) is 0 Å². The highest BCUT2D eigenvalue weighted by Gasteiger charge is 2.33. The maximum Gasteiger partial charge on any atom is 0.433 e. The standard InChI is InChI=1S/C21H20F4N4O3S/c1-5-14-10-13(11-16(22)19(14)28-33(4,31)32)12-26-18(30)9-7-15-6-8-17(21(23,24)25)27-20(15)29(2)3/h1,6-11,28H,12H2,2-4H3,(H,26,30). The van der Waals surface area contributed by atoms with Gasteiger partial charge in [0.1, 0.15) is 17.3 Å². The molecule has 2 N–H and O–H groups in total. The number of anilines is 2. The van der Waals surface area contributed by atoms with E-state index in [2.05, 4.69) is 16.2 Å². The lowest BCUT2D eigenvalue weighted by molar-refractivity contribution is -0.141. The second-order valence-electron chi connectivity index (χ2n) is 7.07. The summed E-state index contributed by atoms with van der Waals surface area (Å²) in [4.78, 5) is 17.1. The van der Waals surface area contributed by atoms with Gasteiger partial charge in [0.05, 0.1) is 17.5 Å². The summed E-state index contributed by atoms with van der Waals surface area (Å²) >= 11 is 0. The molecule has 0 aliphatic carbocycles. The van der Waals surface area contributed by atoms with E-state index in [1.54, 1.807) is 0 Å². The summed E-state index contributed by atoms with van der Waals surface area (Å²) in [5, 5.41) is 2.49. The largest absolute Gasteiger partial charge is 0.433 e. The Balaban J connectivity index is 2.16. The van der Waals surface area contributed by atoms with Gasteiger partial charge >= 0.3 is 6.18 Å². The lowest BCUT2D eigenvalue weighted by Crippen LogP contribution is -2.21. The number of rotatable bonds is 7. The van der Waals surface area contributed by atoms with Gasteiger partial charge in [-0.2, -0.15) is 13.2 Å². The van der Waals surface area contributed by atoms with E-state index >= 15 is 0 Å². The van der Waals surface area contributed by atoms with Crippen molar-refractivity contribution in [3.8, 4) is 12.3 Å². The summed E-state index contributed by atoms with van der Waals surface area (Å²) in [7, 11) is -0.733. The van der Waals surface area contributed by atoms with Crippen LogP contribution in [0.5, 0.6) is 0 Å². The number of nitrogens with one attached hydrogen (secondary N) is 2. The average Bonchev–Trinajstić information content (AvgIpc) is 2.70. The number of hydrogen-bond donors (Lipinski definition) is 2. The third-order valence-corrected chi connectivity index (χ3v) is 4.67. The summed E-state index contributed by atoms with van der Waals surface area (Å²) in [6.45, 7) is -0.139. The van der Waals surface area contributed by atoms with Crippen molar-refractivity contribution >= 4 is 33.5 Å². The number of amides is 1. The topological polar surface area (TPSA) is 91.4 Å². The maximum atomic E-state index is 14.3. The molecule has 2 rings (SSSR count). The van der Waals surface area contributed by atoms with Crippen LogP contribution in [0.2, 0.25) is 0 Å². The lowest BCUT2D eigenvalue weighted by Gasteiger charge is -2.16. The van der Waals surface area contributed by atoms with Gasteiger partial charge in [-0.25, -0.2) is 17.8 Å². The van der Waals surface area contributed by atoms with Crippen molar-refractivity contribution in [2.45, 2.75) is 12.7 Å². The SMILES string of the molecule is C#Cc1cc(CNC(=O)C=Cc2ccc(C(F)(F)F)nc2N(C)C)cc(F)c1NS(C)(=O)=O. The molecule has 0 spiro atoms. The molecule has 0 radical (unpaired) electrons. The van der Waals surface area contributed by atoms with Gasteiger partial charge < -0.3 is 10.2 Å². The molecule has 0 aliphatic rings. The Morgan fingerprint density at radius 1 is 1.27 bits per heavy atom. The van der Waals surface area contributed by atoms with Crippen molar-refractivity contribution in [1.82, 2.24) is 10.3 Å². The Bertz CT molecular complexity index is 1230. The summed E-state index contributed by atoms with van der Waals surface area (Å²) in [6.07, 6.45) is 3.95. The summed E-state index contributed by atoms with van der Waals surface area (Å²) < 4.78 is 77.7. The predicted octanol–water partition coefficient (Wildman–Crippen LogP) is 2.99. The molecule has 1 aromatic carbocycles. The molecule has 176 valence electrons. The predicted molar refractivity (Wildman–Crippen MR) is 117 cm³/mol. The second-order valence-corrected chi connectivity index (χ2v) is 8.82. The molecule has 0 saturated heterocycles. The van der Waals surface area contributed by atoms with Crippen molar-refractivity contribution in [3.63, 3.8) is 0 Å². The molecule has 1 amide bonds. The van der Waals surface area contributed by atoms with Crippen molar-refractivity contribution in [2.24, 2.45) is 0 Å². The number of terminal acetylenes is 1. The monoisotopic (exact) mass is 484 g/mol. The lowest BCUT2D eigenvalue weighted by atomic mass is 10.1. The fraction of sp³-hybridized carbons (Fsp3) is 0.238. The molecule has 12 heteroatoms.